The van der Waals surface area contributed by atoms with E-state index in [0.717, 1.165) is 49.6 Å². The molecular weight excluding hydrogens is 434 g/mol. The highest BCUT2D eigenvalue weighted by Gasteiger charge is 2.29. The molecule has 3 aromatic rings. The van der Waals surface area contributed by atoms with E-state index in [9.17, 15) is 13.6 Å². The number of aromatic nitrogens is 2. The predicted molar refractivity (Wildman–Crippen MR) is 131 cm³/mol. The molecule has 7 heteroatoms. The van der Waals surface area contributed by atoms with Crippen molar-refractivity contribution < 1.29 is 13.6 Å². The van der Waals surface area contributed by atoms with E-state index < -0.39 is 23.6 Å². The zero-order chi connectivity index (χ0) is 23.9. The van der Waals surface area contributed by atoms with Crippen LogP contribution in [0.1, 0.15) is 61.3 Å². The molecule has 0 spiro atoms. The number of benzene rings is 2. The minimum absolute atomic E-state index is 0.252. The maximum Gasteiger partial charge on any atom is 0.257 e. The number of fused-ring (bicyclic) bond motifs is 1. The van der Waals surface area contributed by atoms with E-state index >= 15 is 0 Å². The first-order valence-electron chi connectivity index (χ1n) is 12.2. The molecule has 2 heterocycles. The Morgan fingerprint density at radius 1 is 1.15 bits per heavy atom. The zero-order valence-corrected chi connectivity index (χ0v) is 19.6. The molecule has 1 N–H and O–H groups in total. The molecule has 1 aliphatic heterocycles. The number of amides is 1. The molecule has 4 rings (SSSR count). The normalized spacial score (nSPS) is 15.4. The van der Waals surface area contributed by atoms with Crippen molar-refractivity contribution in [2.45, 2.75) is 45.1 Å². The minimum Gasteiger partial charge on any atom is -0.340 e. The number of unbranched alkanes of at least 4 members (excludes halogenated alkanes) is 1. The summed E-state index contributed by atoms with van der Waals surface area (Å²) in [5.74, 6) is -2.01. The lowest BCUT2D eigenvalue weighted by Crippen LogP contribution is -2.37. The van der Waals surface area contributed by atoms with Crippen molar-refractivity contribution in [2.75, 3.05) is 26.2 Å². The summed E-state index contributed by atoms with van der Waals surface area (Å²) >= 11 is 0. The molecular formula is C27H32F2N4O. The average Bonchev–Trinajstić information content (AvgIpc) is 3.51. The minimum atomic E-state index is -1.11. The molecule has 1 amide bonds. The molecule has 1 unspecified atom stereocenters. The maximum atomic E-state index is 14.6. The van der Waals surface area contributed by atoms with Crippen LogP contribution >= 0.6 is 0 Å². The second-order valence-electron chi connectivity index (χ2n) is 8.82. The highest BCUT2D eigenvalue weighted by atomic mass is 19.2. The summed E-state index contributed by atoms with van der Waals surface area (Å²) in [7, 11) is 0. The number of halogens is 2. The number of nitrogens with zero attached hydrogens (tertiary/aromatic N) is 3. The van der Waals surface area contributed by atoms with Crippen molar-refractivity contribution in [3.8, 4) is 0 Å². The van der Waals surface area contributed by atoms with Crippen molar-refractivity contribution in [3.05, 3.63) is 77.6 Å². The lowest BCUT2D eigenvalue weighted by atomic mass is 10.1. The van der Waals surface area contributed by atoms with Crippen molar-refractivity contribution in [3.63, 3.8) is 0 Å². The van der Waals surface area contributed by atoms with E-state index in [1.165, 1.54) is 25.0 Å². The Morgan fingerprint density at radius 3 is 2.71 bits per heavy atom. The number of likely N-dealkylation sites (tertiary alicyclic amines) is 1. The van der Waals surface area contributed by atoms with Crippen LogP contribution in [0.25, 0.3) is 11.0 Å². The number of aromatic amines is 1. The van der Waals surface area contributed by atoms with Crippen LogP contribution in [0.5, 0.6) is 0 Å². The third kappa shape index (κ3) is 5.53. The monoisotopic (exact) mass is 466 g/mol. The lowest BCUT2D eigenvalue weighted by Gasteiger charge is -2.30. The van der Waals surface area contributed by atoms with Gasteiger partial charge in [0.2, 0.25) is 0 Å². The fraction of sp³-hybridized carbons (Fsp3) is 0.407. The smallest absolute Gasteiger partial charge is 0.257 e. The van der Waals surface area contributed by atoms with Gasteiger partial charge >= 0.3 is 0 Å². The summed E-state index contributed by atoms with van der Waals surface area (Å²) in [6.45, 7) is 5.55. The number of rotatable bonds is 10. The van der Waals surface area contributed by atoms with Crippen LogP contribution < -0.4 is 0 Å². The first-order chi connectivity index (χ1) is 16.6. The van der Waals surface area contributed by atoms with Gasteiger partial charge in [-0.1, -0.05) is 43.7 Å². The average molecular weight is 467 g/mol. The molecule has 1 fully saturated rings. The Balaban J connectivity index is 1.66. The second-order valence-corrected chi connectivity index (χ2v) is 8.82. The summed E-state index contributed by atoms with van der Waals surface area (Å²) in [4.78, 5) is 25.7. The molecule has 0 bridgehead atoms. The molecule has 2 aromatic carbocycles. The van der Waals surface area contributed by atoms with Crippen molar-refractivity contribution in [2.24, 2.45) is 0 Å². The molecule has 1 atom stereocenters. The summed E-state index contributed by atoms with van der Waals surface area (Å²) in [6, 6.07) is 11.0. The number of hydrogen-bond acceptors (Lipinski definition) is 3. The van der Waals surface area contributed by atoms with Crippen molar-refractivity contribution in [1.82, 2.24) is 19.8 Å². The first kappa shape index (κ1) is 24.1. The second kappa shape index (κ2) is 11.4. The van der Waals surface area contributed by atoms with Crippen LogP contribution in [-0.2, 0) is 0 Å². The number of carbonyl (C=O) groups is 1. The summed E-state index contributed by atoms with van der Waals surface area (Å²) in [6.07, 6.45) is 8.81. The van der Waals surface area contributed by atoms with Crippen LogP contribution in [0, 0.1) is 11.6 Å². The van der Waals surface area contributed by atoms with E-state index in [1.54, 1.807) is 4.90 Å². The van der Waals surface area contributed by atoms with Crippen LogP contribution in [0.2, 0.25) is 0 Å². The van der Waals surface area contributed by atoms with Gasteiger partial charge in [-0.2, -0.15) is 0 Å². The standard InChI is InChI=1S/C27H32F2N4O/c1-2-3-19-33(27(34)20-11-10-12-21(28)25(20)29)24(15-6-7-16-32-17-8-9-18-32)26-30-22-13-4-5-14-23(22)31-26/h4-7,10-14,24H,2-3,8-9,15-19H2,1H3,(H,30,31). The van der Waals surface area contributed by atoms with Gasteiger partial charge in [-0.05, 0) is 63.0 Å². The third-order valence-electron chi connectivity index (χ3n) is 6.38. The maximum absolute atomic E-state index is 14.6. The largest absolute Gasteiger partial charge is 0.340 e. The van der Waals surface area contributed by atoms with Gasteiger partial charge in [0.25, 0.3) is 5.91 Å². The first-order valence-corrected chi connectivity index (χ1v) is 12.2. The molecule has 1 aromatic heterocycles. The van der Waals surface area contributed by atoms with Gasteiger partial charge in [-0.15, -0.1) is 0 Å². The number of hydrogen-bond donors (Lipinski definition) is 1. The topological polar surface area (TPSA) is 52.2 Å². The summed E-state index contributed by atoms with van der Waals surface area (Å²) < 4.78 is 28.5. The number of para-hydroxylation sites is 2. The number of imidazole rings is 1. The Bertz CT molecular complexity index is 1100. The fourth-order valence-electron chi connectivity index (χ4n) is 4.48. The molecule has 180 valence electrons. The number of H-pyrrole nitrogens is 1. The zero-order valence-electron chi connectivity index (χ0n) is 19.6. The number of carbonyl (C=O) groups excluding carboxylic acids is 1. The molecule has 5 nitrogen and oxygen atoms in total. The highest BCUT2D eigenvalue weighted by molar-refractivity contribution is 5.94. The van der Waals surface area contributed by atoms with Crippen LogP contribution in [0.15, 0.2) is 54.6 Å². The Labute approximate surface area is 199 Å². The van der Waals surface area contributed by atoms with E-state index in [0.29, 0.717) is 18.8 Å². The molecule has 0 aliphatic carbocycles. The quantitative estimate of drug-likeness (QED) is 0.381. The molecule has 0 radical (unpaired) electrons. The molecule has 34 heavy (non-hydrogen) atoms. The molecule has 0 saturated carbocycles. The van der Waals surface area contributed by atoms with E-state index in [4.69, 9.17) is 4.98 Å². The van der Waals surface area contributed by atoms with Crippen LogP contribution in [0.4, 0.5) is 8.78 Å². The van der Waals surface area contributed by atoms with Crippen molar-refractivity contribution >= 4 is 16.9 Å². The van der Waals surface area contributed by atoms with Gasteiger partial charge in [0.05, 0.1) is 22.6 Å². The van der Waals surface area contributed by atoms with Gasteiger partial charge in [0.1, 0.15) is 5.82 Å². The SMILES string of the molecule is CCCCN(C(=O)c1cccc(F)c1F)C(CC=CCN1CCCC1)c1nc2ccccc2[nH]1. The van der Waals surface area contributed by atoms with Gasteiger partial charge in [-0.25, -0.2) is 13.8 Å². The Kier molecular flexibility index (Phi) is 8.06. The van der Waals surface area contributed by atoms with Crippen molar-refractivity contribution in [1.29, 1.82) is 0 Å². The summed E-state index contributed by atoms with van der Waals surface area (Å²) in [5, 5.41) is 0. The highest BCUT2D eigenvalue weighted by Crippen LogP contribution is 2.28. The van der Waals surface area contributed by atoms with Crippen LogP contribution in [-0.4, -0.2) is 51.9 Å². The van der Waals surface area contributed by atoms with E-state index in [2.05, 4.69) is 22.0 Å². The van der Waals surface area contributed by atoms with E-state index in [1.807, 2.05) is 31.2 Å². The van der Waals surface area contributed by atoms with Gasteiger partial charge in [0, 0.05) is 13.1 Å². The predicted octanol–water partition coefficient (Wildman–Crippen LogP) is 5.87. The fourth-order valence-corrected chi connectivity index (χ4v) is 4.48. The lowest BCUT2D eigenvalue weighted by molar-refractivity contribution is 0.0660. The molecule has 1 saturated heterocycles. The summed E-state index contributed by atoms with van der Waals surface area (Å²) in [5.41, 5.74) is 1.44. The molecule has 1 aliphatic rings. The van der Waals surface area contributed by atoms with Gasteiger partial charge in [0.15, 0.2) is 11.6 Å². The van der Waals surface area contributed by atoms with Crippen LogP contribution in [0.3, 0.4) is 0 Å². The van der Waals surface area contributed by atoms with E-state index in [-0.39, 0.29) is 5.56 Å². The Hall–Kier alpha value is -3.06. The number of nitrogens with one attached hydrogen (secondary N) is 1. The third-order valence-corrected chi connectivity index (χ3v) is 6.38. The van der Waals surface area contributed by atoms with Gasteiger partial charge in [-0.3, -0.25) is 9.69 Å². The van der Waals surface area contributed by atoms with Gasteiger partial charge < -0.3 is 9.88 Å². The Morgan fingerprint density at radius 2 is 1.94 bits per heavy atom.